The summed E-state index contributed by atoms with van der Waals surface area (Å²) in [6, 6.07) is 14.7. The van der Waals surface area contributed by atoms with Crippen LogP contribution >= 0.6 is 0 Å². The Morgan fingerprint density at radius 2 is 2.04 bits per heavy atom. The van der Waals surface area contributed by atoms with Gasteiger partial charge in [-0.3, -0.25) is 4.90 Å². The van der Waals surface area contributed by atoms with Crippen molar-refractivity contribution in [2.75, 3.05) is 0 Å². The summed E-state index contributed by atoms with van der Waals surface area (Å²) in [5.74, 6) is 0.801. The van der Waals surface area contributed by atoms with Gasteiger partial charge in [0.2, 0.25) is 11.8 Å². The molecule has 2 aromatic carbocycles. The second-order valence-electron chi connectivity index (χ2n) is 6.70. The third-order valence-corrected chi connectivity index (χ3v) is 4.97. The van der Waals surface area contributed by atoms with Gasteiger partial charge >= 0.3 is 0 Å². The molecule has 3 aromatic rings. The second-order valence-corrected chi connectivity index (χ2v) is 6.70. The van der Waals surface area contributed by atoms with E-state index in [9.17, 15) is 4.39 Å². The van der Waals surface area contributed by atoms with Crippen molar-refractivity contribution in [3.8, 4) is 6.07 Å². The Balaban J connectivity index is 1.68. The molecule has 5 nitrogen and oxygen atoms in total. The first-order chi connectivity index (χ1) is 13.2. The molecule has 0 radical (unpaired) electrons. The van der Waals surface area contributed by atoms with Gasteiger partial charge in [-0.25, -0.2) is 4.39 Å². The first-order valence-corrected chi connectivity index (χ1v) is 8.99. The SMILES string of the molecule is CCc1nnc([C@H]2Cc3ccccc3CN2Cc2ccc(C#N)cc2F)o1. The van der Waals surface area contributed by atoms with Gasteiger partial charge in [0, 0.05) is 25.1 Å². The molecule has 27 heavy (non-hydrogen) atoms. The maximum atomic E-state index is 14.4. The lowest BCUT2D eigenvalue weighted by molar-refractivity contribution is 0.135. The Labute approximate surface area is 157 Å². The molecule has 0 amide bonds. The van der Waals surface area contributed by atoms with Gasteiger partial charge in [-0.2, -0.15) is 5.26 Å². The highest BCUT2D eigenvalue weighted by molar-refractivity contribution is 5.34. The van der Waals surface area contributed by atoms with Crippen LogP contribution in [0.1, 0.15) is 47.0 Å². The quantitative estimate of drug-likeness (QED) is 0.703. The van der Waals surface area contributed by atoms with Gasteiger partial charge in [0.15, 0.2) is 0 Å². The molecule has 1 aromatic heterocycles. The van der Waals surface area contributed by atoms with Crippen LogP contribution in [0, 0.1) is 17.1 Å². The minimum atomic E-state index is -0.369. The van der Waals surface area contributed by atoms with E-state index in [1.165, 1.54) is 17.2 Å². The van der Waals surface area contributed by atoms with E-state index in [4.69, 9.17) is 9.68 Å². The topological polar surface area (TPSA) is 66.0 Å². The molecule has 1 atom stereocenters. The zero-order valence-electron chi connectivity index (χ0n) is 15.0. The van der Waals surface area contributed by atoms with Gasteiger partial charge in [0.05, 0.1) is 17.7 Å². The summed E-state index contributed by atoms with van der Waals surface area (Å²) in [7, 11) is 0. The standard InChI is InChI=1S/C21H19FN4O/c1-2-20-24-25-21(27-20)19-10-15-5-3-4-6-16(15)12-26(19)13-17-8-7-14(11-23)9-18(17)22/h3-9,19H,2,10,12-13H2,1H3/t19-/m1/s1. The maximum absolute atomic E-state index is 14.4. The zero-order valence-corrected chi connectivity index (χ0v) is 15.0. The number of nitrogens with zero attached hydrogens (tertiary/aromatic N) is 4. The van der Waals surface area contributed by atoms with E-state index in [1.54, 1.807) is 12.1 Å². The minimum Gasteiger partial charge on any atom is -0.424 e. The molecule has 0 fully saturated rings. The summed E-state index contributed by atoms with van der Waals surface area (Å²) in [6.07, 6.45) is 1.42. The van der Waals surface area contributed by atoms with Crippen molar-refractivity contribution in [2.45, 2.75) is 38.9 Å². The fraction of sp³-hybridized carbons (Fsp3) is 0.286. The summed E-state index contributed by atoms with van der Waals surface area (Å²) in [5.41, 5.74) is 3.34. The predicted molar refractivity (Wildman–Crippen MR) is 96.9 cm³/mol. The van der Waals surface area contributed by atoms with Crippen molar-refractivity contribution in [1.82, 2.24) is 15.1 Å². The molecule has 0 spiro atoms. The molecule has 0 saturated carbocycles. The molecule has 6 heteroatoms. The predicted octanol–water partition coefficient (Wildman–Crippen LogP) is 3.94. The molecular weight excluding hydrogens is 343 g/mol. The Kier molecular flexibility index (Phi) is 4.69. The molecule has 4 rings (SSSR count). The van der Waals surface area contributed by atoms with Crippen molar-refractivity contribution in [3.63, 3.8) is 0 Å². The van der Waals surface area contributed by atoms with E-state index in [0.29, 0.717) is 42.4 Å². The minimum absolute atomic E-state index is 0.109. The number of hydrogen-bond donors (Lipinski definition) is 0. The molecule has 1 aliphatic rings. The normalized spacial score (nSPS) is 16.7. The van der Waals surface area contributed by atoms with Crippen LogP contribution in [0.3, 0.4) is 0 Å². The van der Waals surface area contributed by atoms with Crippen molar-refractivity contribution in [2.24, 2.45) is 0 Å². The summed E-state index contributed by atoms with van der Waals surface area (Å²) in [6.45, 7) is 3.04. The van der Waals surface area contributed by atoms with Crippen LogP contribution in [0.5, 0.6) is 0 Å². The Morgan fingerprint density at radius 1 is 1.22 bits per heavy atom. The average molecular weight is 362 g/mol. The van der Waals surface area contributed by atoms with Crippen LogP contribution in [-0.4, -0.2) is 15.1 Å². The average Bonchev–Trinajstić information content (AvgIpc) is 3.18. The highest BCUT2D eigenvalue weighted by atomic mass is 19.1. The van der Waals surface area contributed by atoms with Crippen molar-refractivity contribution in [1.29, 1.82) is 5.26 Å². The van der Waals surface area contributed by atoms with Crippen molar-refractivity contribution >= 4 is 0 Å². The van der Waals surface area contributed by atoms with E-state index in [-0.39, 0.29) is 11.9 Å². The summed E-state index contributed by atoms with van der Waals surface area (Å²) in [5, 5.41) is 17.3. The molecule has 0 saturated heterocycles. The number of rotatable bonds is 4. The van der Waals surface area contributed by atoms with E-state index < -0.39 is 0 Å². The Bertz CT molecular complexity index is 1010. The largest absolute Gasteiger partial charge is 0.424 e. The molecule has 2 heterocycles. The van der Waals surface area contributed by atoms with Gasteiger partial charge in [-0.15, -0.1) is 10.2 Å². The molecule has 0 N–H and O–H groups in total. The summed E-state index contributed by atoms with van der Waals surface area (Å²) < 4.78 is 20.3. The number of fused-ring (bicyclic) bond motifs is 1. The smallest absolute Gasteiger partial charge is 0.233 e. The lowest BCUT2D eigenvalue weighted by Gasteiger charge is -2.35. The Morgan fingerprint density at radius 3 is 2.74 bits per heavy atom. The van der Waals surface area contributed by atoms with Gasteiger partial charge < -0.3 is 4.42 Å². The number of aryl methyl sites for hydroxylation is 1. The van der Waals surface area contributed by atoms with E-state index >= 15 is 0 Å². The Hall–Kier alpha value is -3.04. The van der Waals surface area contributed by atoms with Crippen LogP contribution in [0.2, 0.25) is 0 Å². The van der Waals surface area contributed by atoms with Crippen molar-refractivity contribution < 1.29 is 8.81 Å². The molecule has 1 aliphatic heterocycles. The fourth-order valence-corrected chi connectivity index (χ4v) is 3.49. The first-order valence-electron chi connectivity index (χ1n) is 8.99. The van der Waals surface area contributed by atoms with Crippen LogP contribution in [-0.2, 0) is 25.9 Å². The first kappa shape index (κ1) is 17.4. The number of nitriles is 1. The van der Waals surface area contributed by atoms with Crippen molar-refractivity contribution in [3.05, 3.63) is 82.3 Å². The van der Waals surface area contributed by atoms with E-state index in [2.05, 4.69) is 27.2 Å². The molecule has 0 aliphatic carbocycles. The summed E-state index contributed by atoms with van der Waals surface area (Å²) >= 11 is 0. The van der Waals surface area contributed by atoms with E-state index in [1.807, 2.05) is 25.1 Å². The van der Waals surface area contributed by atoms with Gasteiger partial charge in [0.25, 0.3) is 0 Å². The number of halogens is 1. The second kappa shape index (κ2) is 7.29. The van der Waals surface area contributed by atoms with Crippen LogP contribution in [0.25, 0.3) is 0 Å². The third-order valence-electron chi connectivity index (χ3n) is 4.97. The van der Waals surface area contributed by atoms with Crippen LogP contribution < -0.4 is 0 Å². The van der Waals surface area contributed by atoms with Gasteiger partial charge in [-0.1, -0.05) is 37.3 Å². The lowest BCUT2D eigenvalue weighted by atomic mass is 9.93. The molecule has 0 unspecified atom stereocenters. The molecule has 136 valence electrons. The molecule has 0 bridgehead atoms. The van der Waals surface area contributed by atoms with Gasteiger partial charge in [-0.05, 0) is 29.7 Å². The monoisotopic (exact) mass is 362 g/mol. The number of benzene rings is 2. The van der Waals surface area contributed by atoms with E-state index in [0.717, 1.165) is 6.42 Å². The van der Waals surface area contributed by atoms with Crippen LogP contribution in [0.4, 0.5) is 4.39 Å². The highest BCUT2D eigenvalue weighted by Crippen LogP contribution is 2.34. The van der Waals surface area contributed by atoms with Crippen LogP contribution in [0.15, 0.2) is 46.9 Å². The fourth-order valence-electron chi connectivity index (χ4n) is 3.49. The zero-order chi connectivity index (χ0) is 18.8. The number of hydrogen-bond acceptors (Lipinski definition) is 5. The lowest BCUT2D eigenvalue weighted by Crippen LogP contribution is -2.34. The maximum Gasteiger partial charge on any atom is 0.233 e. The van der Waals surface area contributed by atoms with Gasteiger partial charge in [0.1, 0.15) is 5.82 Å². The number of aromatic nitrogens is 2. The highest BCUT2D eigenvalue weighted by Gasteiger charge is 2.31. The molecular formula is C21H19FN4O. The third kappa shape index (κ3) is 3.46. The summed E-state index contributed by atoms with van der Waals surface area (Å²) in [4.78, 5) is 2.15.